The molecule has 3 amide bonds. The fourth-order valence-corrected chi connectivity index (χ4v) is 5.75. The Morgan fingerprint density at radius 2 is 1.71 bits per heavy atom. The van der Waals surface area contributed by atoms with Gasteiger partial charge in [0.1, 0.15) is 19.0 Å². The highest BCUT2D eigenvalue weighted by Gasteiger charge is 2.37. The van der Waals surface area contributed by atoms with Gasteiger partial charge in [0, 0.05) is 18.7 Å². The molecule has 0 aromatic heterocycles. The molecule has 10 heteroatoms. The summed E-state index contributed by atoms with van der Waals surface area (Å²) in [6.45, 7) is 0.586. The Bertz CT molecular complexity index is 1460. The van der Waals surface area contributed by atoms with E-state index in [-0.39, 0.29) is 39.8 Å². The molecular weight excluding hydrogens is 550 g/mol. The first kappa shape index (κ1) is 26.3. The number of carbonyl (C=O) groups excluding carboxylic acids is 3. The maximum absolute atomic E-state index is 13.9. The molecule has 3 aromatic carbocycles. The van der Waals surface area contributed by atoms with Crippen molar-refractivity contribution in [1.29, 1.82) is 0 Å². The van der Waals surface area contributed by atoms with Crippen LogP contribution in [-0.4, -0.2) is 39.9 Å². The third-order valence-electron chi connectivity index (χ3n) is 6.30. The maximum Gasteiger partial charge on any atom is 0.294 e. The average molecular weight is 571 g/mol. The zero-order valence-electron chi connectivity index (χ0n) is 20.0. The van der Waals surface area contributed by atoms with Crippen LogP contribution < -0.4 is 4.74 Å². The molecule has 2 aliphatic rings. The van der Waals surface area contributed by atoms with Gasteiger partial charge in [-0.15, -0.1) is 0 Å². The van der Waals surface area contributed by atoms with Gasteiger partial charge < -0.3 is 9.64 Å². The van der Waals surface area contributed by atoms with Gasteiger partial charge in [0.25, 0.3) is 11.1 Å². The lowest BCUT2D eigenvalue weighted by Gasteiger charge is -2.29. The first-order valence-electron chi connectivity index (χ1n) is 11.8. The zero-order valence-corrected chi connectivity index (χ0v) is 22.3. The van der Waals surface area contributed by atoms with Crippen LogP contribution in [0.25, 0.3) is 6.08 Å². The molecule has 3 aromatic rings. The smallest absolute Gasteiger partial charge is 0.294 e. The van der Waals surface area contributed by atoms with E-state index in [4.69, 9.17) is 27.9 Å². The highest BCUT2D eigenvalue weighted by Crippen LogP contribution is 2.38. The van der Waals surface area contributed by atoms with E-state index in [1.54, 1.807) is 23.1 Å². The van der Waals surface area contributed by atoms with E-state index in [0.717, 1.165) is 28.6 Å². The summed E-state index contributed by atoms with van der Waals surface area (Å²) in [7, 11) is 0. The van der Waals surface area contributed by atoms with Crippen molar-refractivity contribution in [3.63, 3.8) is 0 Å². The normalized spacial score (nSPS) is 16.2. The van der Waals surface area contributed by atoms with Gasteiger partial charge in [-0.05, 0) is 59.1 Å². The summed E-state index contributed by atoms with van der Waals surface area (Å²) in [6, 6.07) is 17.2. The van der Waals surface area contributed by atoms with Crippen molar-refractivity contribution in [3.05, 3.63) is 104 Å². The molecule has 0 atom stereocenters. The quantitative estimate of drug-likeness (QED) is 0.324. The number of imide groups is 1. The summed E-state index contributed by atoms with van der Waals surface area (Å²) < 4.78 is 19.5. The first-order chi connectivity index (χ1) is 18.3. The van der Waals surface area contributed by atoms with Crippen molar-refractivity contribution in [2.75, 3.05) is 13.1 Å². The van der Waals surface area contributed by atoms with Gasteiger partial charge in [0.05, 0.1) is 15.0 Å². The van der Waals surface area contributed by atoms with Gasteiger partial charge >= 0.3 is 0 Å². The monoisotopic (exact) mass is 570 g/mol. The minimum atomic E-state index is -0.558. The number of thioether (sulfide) groups is 1. The summed E-state index contributed by atoms with van der Waals surface area (Å²) in [5.41, 5.74) is 3.09. The van der Waals surface area contributed by atoms with Crippen LogP contribution >= 0.6 is 35.0 Å². The highest BCUT2D eigenvalue weighted by molar-refractivity contribution is 8.18. The molecule has 5 rings (SSSR count). The molecule has 0 N–H and O–H groups in total. The lowest BCUT2D eigenvalue weighted by Crippen LogP contribution is -2.44. The van der Waals surface area contributed by atoms with E-state index in [0.29, 0.717) is 24.2 Å². The number of nitrogens with zero attached hydrogens (tertiary/aromatic N) is 2. The second kappa shape index (κ2) is 11.2. The summed E-state index contributed by atoms with van der Waals surface area (Å²) in [5, 5.41) is -0.186. The lowest BCUT2D eigenvalue weighted by molar-refractivity contribution is -0.136. The van der Waals surface area contributed by atoms with E-state index in [2.05, 4.69) is 0 Å². The molecule has 1 fully saturated rings. The van der Waals surface area contributed by atoms with E-state index in [9.17, 15) is 18.8 Å². The molecule has 38 heavy (non-hydrogen) atoms. The fraction of sp³-hybridized carbons (Fsp3) is 0.179. The SMILES string of the molecule is O=C(CN1C(=O)S/C(=C\c2cc(Cl)c(OCc3ccccc3F)c(Cl)c2)C1=O)N1CCc2ccccc2C1. The van der Waals surface area contributed by atoms with Crippen LogP contribution in [0.1, 0.15) is 22.3 Å². The van der Waals surface area contributed by atoms with E-state index >= 15 is 0 Å². The number of rotatable bonds is 6. The van der Waals surface area contributed by atoms with E-state index in [1.165, 1.54) is 29.8 Å². The summed E-state index contributed by atoms with van der Waals surface area (Å²) in [4.78, 5) is 41.3. The third kappa shape index (κ3) is 5.57. The van der Waals surface area contributed by atoms with Gasteiger partial charge in [0.2, 0.25) is 5.91 Å². The molecule has 2 heterocycles. The summed E-state index contributed by atoms with van der Waals surface area (Å²) in [6.07, 6.45) is 2.22. The van der Waals surface area contributed by atoms with Gasteiger partial charge in [-0.3, -0.25) is 19.3 Å². The van der Waals surface area contributed by atoms with Crippen LogP contribution in [0, 0.1) is 5.82 Å². The molecule has 0 saturated carbocycles. The Labute approximate surface area is 233 Å². The van der Waals surface area contributed by atoms with Crippen molar-refractivity contribution in [2.45, 2.75) is 19.6 Å². The molecule has 0 unspecified atom stereocenters. The molecule has 194 valence electrons. The largest absolute Gasteiger partial charge is 0.486 e. The molecule has 0 aliphatic carbocycles. The van der Waals surface area contributed by atoms with Crippen molar-refractivity contribution in [2.24, 2.45) is 0 Å². The van der Waals surface area contributed by atoms with Crippen molar-refractivity contribution in [3.8, 4) is 5.75 Å². The second-order valence-electron chi connectivity index (χ2n) is 8.80. The topological polar surface area (TPSA) is 66.9 Å². The molecule has 1 saturated heterocycles. The number of benzene rings is 3. The van der Waals surface area contributed by atoms with Gasteiger partial charge in [-0.1, -0.05) is 65.7 Å². The van der Waals surface area contributed by atoms with Crippen molar-refractivity contribution < 1.29 is 23.5 Å². The van der Waals surface area contributed by atoms with Crippen LogP contribution in [0.5, 0.6) is 5.75 Å². The minimum Gasteiger partial charge on any atom is -0.486 e. The number of fused-ring (bicyclic) bond motifs is 1. The van der Waals surface area contributed by atoms with Crippen molar-refractivity contribution >= 4 is 58.1 Å². The minimum absolute atomic E-state index is 0.0685. The Kier molecular flexibility index (Phi) is 7.74. The van der Waals surface area contributed by atoms with Gasteiger partial charge in [-0.25, -0.2) is 4.39 Å². The Morgan fingerprint density at radius 3 is 2.45 bits per heavy atom. The summed E-state index contributed by atoms with van der Waals surface area (Å²) >= 11 is 13.5. The number of ether oxygens (including phenoxy) is 1. The van der Waals surface area contributed by atoms with E-state index in [1.807, 2.05) is 24.3 Å². The highest BCUT2D eigenvalue weighted by atomic mass is 35.5. The molecule has 6 nitrogen and oxygen atoms in total. The number of amides is 3. The molecule has 2 aliphatic heterocycles. The second-order valence-corrected chi connectivity index (χ2v) is 10.6. The van der Waals surface area contributed by atoms with Gasteiger partial charge in [-0.2, -0.15) is 0 Å². The Balaban J connectivity index is 1.26. The standard InChI is InChI=1S/C28H21Cl2FN2O4S/c29-21-11-17(12-22(30)26(21)37-16-20-7-3-4-8-23(20)31)13-24-27(35)33(28(36)38-24)15-25(34)32-10-9-18-5-1-2-6-19(18)14-32/h1-8,11-13H,9-10,14-16H2/b24-13-. The molecule has 0 spiro atoms. The van der Waals surface area contributed by atoms with Crippen LogP contribution in [0.15, 0.2) is 65.6 Å². The number of hydrogen-bond acceptors (Lipinski definition) is 5. The molecular formula is C28H21Cl2FN2O4S. The zero-order chi connectivity index (χ0) is 26.8. The summed E-state index contributed by atoms with van der Waals surface area (Å²) in [5.74, 6) is -1.07. The van der Waals surface area contributed by atoms with Crippen LogP contribution in [0.4, 0.5) is 9.18 Å². The molecule has 0 bridgehead atoms. The Morgan fingerprint density at radius 1 is 1.03 bits per heavy atom. The van der Waals surface area contributed by atoms with E-state index < -0.39 is 17.0 Å². The van der Waals surface area contributed by atoms with Crippen LogP contribution in [-0.2, 0) is 29.2 Å². The predicted octanol–water partition coefficient (Wildman–Crippen LogP) is 6.33. The first-order valence-corrected chi connectivity index (χ1v) is 13.3. The molecule has 0 radical (unpaired) electrons. The predicted molar refractivity (Wildman–Crippen MR) is 145 cm³/mol. The number of hydrogen-bond donors (Lipinski definition) is 0. The number of carbonyl (C=O) groups is 3. The van der Waals surface area contributed by atoms with Gasteiger partial charge in [0.15, 0.2) is 5.75 Å². The lowest BCUT2D eigenvalue weighted by atomic mass is 10.00. The Hall–Kier alpha value is -3.33. The van der Waals surface area contributed by atoms with Crippen molar-refractivity contribution in [1.82, 2.24) is 9.80 Å². The average Bonchev–Trinajstić information content (AvgIpc) is 3.16. The van der Waals surface area contributed by atoms with Crippen LogP contribution in [0.2, 0.25) is 10.0 Å². The third-order valence-corrected chi connectivity index (χ3v) is 7.77. The fourth-order valence-electron chi connectivity index (χ4n) is 4.30. The maximum atomic E-state index is 13.9. The van der Waals surface area contributed by atoms with Crippen LogP contribution in [0.3, 0.4) is 0 Å². The number of halogens is 3.